The zero-order valence-electron chi connectivity index (χ0n) is 18.2. The van der Waals surface area contributed by atoms with Crippen LogP contribution in [0.3, 0.4) is 0 Å². The molecule has 0 saturated heterocycles. The minimum absolute atomic E-state index is 0.00688. The van der Waals surface area contributed by atoms with Gasteiger partial charge in [-0.25, -0.2) is 22.0 Å². The molecule has 8 nitrogen and oxygen atoms in total. The first-order chi connectivity index (χ1) is 16.6. The maximum absolute atomic E-state index is 13.1. The van der Waals surface area contributed by atoms with Gasteiger partial charge in [0.1, 0.15) is 17.4 Å². The number of esters is 1. The van der Waals surface area contributed by atoms with Crippen LogP contribution in [-0.2, 0) is 24.3 Å². The molecule has 0 aromatic heterocycles. The number of nitrogens with one attached hydrogen (secondary N) is 1. The van der Waals surface area contributed by atoms with E-state index < -0.39 is 46.7 Å². The Morgan fingerprint density at radius 2 is 1.57 bits per heavy atom. The van der Waals surface area contributed by atoms with E-state index in [1.807, 2.05) is 0 Å². The first-order valence-corrected chi connectivity index (χ1v) is 11.8. The van der Waals surface area contributed by atoms with Crippen LogP contribution in [0, 0.1) is 11.6 Å². The fraction of sp³-hybridized carbons (Fsp3) is 0.130. The van der Waals surface area contributed by atoms with Crippen LogP contribution in [0.1, 0.15) is 0 Å². The molecule has 0 unspecified atom stereocenters. The van der Waals surface area contributed by atoms with Crippen LogP contribution in [0.4, 0.5) is 20.2 Å². The molecular formula is C23H19ClF2N2O6S. The van der Waals surface area contributed by atoms with E-state index in [-0.39, 0.29) is 21.4 Å². The highest BCUT2D eigenvalue weighted by atomic mass is 35.5. The lowest BCUT2D eigenvalue weighted by Crippen LogP contribution is -2.26. The summed E-state index contributed by atoms with van der Waals surface area (Å²) in [6, 6.07) is 13.7. The van der Waals surface area contributed by atoms with Gasteiger partial charge in [0.25, 0.3) is 15.9 Å². The van der Waals surface area contributed by atoms with E-state index in [4.69, 9.17) is 21.1 Å². The normalized spacial score (nSPS) is 11.0. The number of benzene rings is 3. The van der Waals surface area contributed by atoms with Crippen molar-refractivity contribution in [1.29, 1.82) is 0 Å². The molecule has 0 atom stereocenters. The van der Waals surface area contributed by atoms with Gasteiger partial charge in [0.15, 0.2) is 13.2 Å². The number of hydrogen-bond donors (Lipinski definition) is 1. The van der Waals surface area contributed by atoms with Crippen LogP contribution in [0.5, 0.6) is 5.75 Å². The predicted octanol–water partition coefficient (Wildman–Crippen LogP) is 4.00. The molecule has 0 saturated carbocycles. The van der Waals surface area contributed by atoms with Gasteiger partial charge in [-0.05, 0) is 66.7 Å². The molecule has 0 aliphatic rings. The Morgan fingerprint density at radius 3 is 2.20 bits per heavy atom. The first kappa shape index (κ1) is 25.9. The molecule has 184 valence electrons. The molecule has 3 rings (SSSR count). The summed E-state index contributed by atoms with van der Waals surface area (Å²) in [5.74, 6) is -2.37. The average Bonchev–Trinajstić information content (AvgIpc) is 2.83. The predicted molar refractivity (Wildman–Crippen MR) is 125 cm³/mol. The zero-order chi connectivity index (χ0) is 25.6. The van der Waals surface area contributed by atoms with Crippen molar-refractivity contribution >= 4 is 44.9 Å². The fourth-order valence-corrected chi connectivity index (χ4v) is 4.17. The molecule has 3 aromatic rings. The van der Waals surface area contributed by atoms with E-state index in [1.165, 1.54) is 49.5 Å². The van der Waals surface area contributed by atoms with E-state index in [0.29, 0.717) is 5.69 Å². The molecule has 12 heteroatoms. The Kier molecular flexibility index (Phi) is 8.26. The van der Waals surface area contributed by atoms with E-state index in [0.717, 1.165) is 28.6 Å². The summed E-state index contributed by atoms with van der Waals surface area (Å²) in [7, 11) is -2.56. The highest BCUT2D eigenvalue weighted by Crippen LogP contribution is 2.25. The van der Waals surface area contributed by atoms with Crippen LogP contribution < -0.4 is 14.4 Å². The number of halogens is 3. The third-order valence-corrected chi connectivity index (χ3v) is 6.71. The summed E-state index contributed by atoms with van der Waals surface area (Å²) >= 11 is 5.81. The molecule has 1 N–H and O–H groups in total. The summed E-state index contributed by atoms with van der Waals surface area (Å²) < 4.78 is 62.6. The highest BCUT2D eigenvalue weighted by molar-refractivity contribution is 7.92. The average molecular weight is 525 g/mol. The molecule has 3 aromatic carbocycles. The summed E-state index contributed by atoms with van der Waals surface area (Å²) in [5, 5.41) is 2.38. The number of carbonyl (C=O) groups is 2. The van der Waals surface area contributed by atoms with Gasteiger partial charge in [-0.1, -0.05) is 11.6 Å². The van der Waals surface area contributed by atoms with Crippen molar-refractivity contribution in [2.75, 3.05) is 29.9 Å². The van der Waals surface area contributed by atoms with Gasteiger partial charge in [0, 0.05) is 7.05 Å². The minimum Gasteiger partial charge on any atom is -0.482 e. The molecule has 35 heavy (non-hydrogen) atoms. The maximum Gasteiger partial charge on any atom is 0.344 e. The second kappa shape index (κ2) is 11.2. The summed E-state index contributed by atoms with van der Waals surface area (Å²) in [6.45, 7) is -1.12. The lowest BCUT2D eigenvalue weighted by molar-refractivity contribution is -0.149. The van der Waals surface area contributed by atoms with E-state index >= 15 is 0 Å². The number of rotatable bonds is 9. The number of amides is 1. The van der Waals surface area contributed by atoms with Crippen LogP contribution in [0.2, 0.25) is 5.02 Å². The van der Waals surface area contributed by atoms with Crippen molar-refractivity contribution < 1.29 is 36.3 Å². The van der Waals surface area contributed by atoms with Gasteiger partial charge < -0.3 is 14.8 Å². The molecule has 0 fully saturated rings. The summed E-state index contributed by atoms with van der Waals surface area (Å²) in [4.78, 5) is 23.7. The molecule has 0 radical (unpaired) electrons. The standard InChI is InChI=1S/C23H19ClF2N2O6S/c1-28(35(31,32)19-9-2-15(25)3-10-19)17-5-7-18(8-6-17)33-14-23(30)34-13-22(29)27-21-11-4-16(26)12-20(21)24/h2-12H,13-14H2,1H3,(H,27,29). The molecule has 0 bridgehead atoms. The third kappa shape index (κ3) is 6.90. The van der Waals surface area contributed by atoms with Crippen molar-refractivity contribution in [3.63, 3.8) is 0 Å². The van der Waals surface area contributed by atoms with Crippen LogP contribution in [0.15, 0.2) is 71.6 Å². The van der Waals surface area contributed by atoms with Crippen molar-refractivity contribution in [2.24, 2.45) is 0 Å². The van der Waals surface area contributed by atoms with Crippen LogP contribution in [-0.4, -0.2) is 40.6 Å². The molecule has 1 amide bonds. The molecule has 0 aliphatic carbocycles. The zero-order valence-corrected chi connectivity index (χ0v) is 19.8. The number of sulfonamides is 1. The van der Waals surface area contributed by atoms with Gasteiger partial charge in [-0.2, -0.15) is 0 Å². The molecule has 0 aliphatic heterocycles. The van der Waals surface area contributed by atoms with Crippen molar-refractivity contribution in [3.8, 4) is 5.75 Å². The molecule has 0 spiro atoms. The quantitative estimate of drug-likeness (QED) is 0.424. The van der Waals surface area contributed by atoms with Crippen molar-refractivity contribution in [1.82, 2.24) is 0 Å². The number of anilines is 2. The number of nitrogens with zero attached hydrogens (tertiary/aromatic N) is 1. The Balaban J connectivity index is 1.49. The van der Waals surface area contributed by atoms with Gasteiger partial charge in [-0.15, -0.1) is 0 Å². The maximum atomic E-state index is 13.1. The van der Waals surface area contributed by atoms with E-state index in [9.17, 15) is 26.8 Å². The minimum atomic E-state index is -3.90. The SMILES string of the molecule is CN(c1ccc(OCC(=O)OCC(=O)Nc2ccc(F)cc2Cl)cc1)S(=O)(=O)c1ccc(F)cc1. The van der Waals surface area contributed by atoms with Crippen LogP contribution >= 0.6 is 11.6 Å². The smallest absolute Gasteiger partial charge is 0.344 e. The van der Waals surface area contributed by atoms with Crippen molar-refractivity contribution in [3.05, 3.63) is 83.4 Å². The van der Waals surface area contributed by atoms with Gasteiger partial charge in [-0.3, -0.25) is 9.10 Å². The second-order valence-electron chi connectivity index (χ2n) is 7.04. The second-order valence-corrected chi connectivity index (χ2v) is 9.42. The fourth-order valence-electron chi connectivity index (χ4n) is 2.76. The van der Waals surface area contributed by atoms with E-state index in [1.54, 1.807) is 0 Å². The number of ether oxygens (including phenoxy) is 2. The Morgan fingerprint density at radius 1 is 0.943 bits per heavy atom. The number of hydrogen-bond acceptors (Lipinski definition) is 6. The van der Waals surface area contributed by atoms with Crippen molar-refractivity contribution in [2.45, 2.75) is 4.90 Å². The Bertz CT molecular complexity index is 1320. The Hall–Kier alpha value is -3.70. The summed E-state index contributed by atoms with van der Waals surface area (Å²) in [6.07, 6.45) is 0. The summed E-state index contributed by atoms with van der Waals surface area (Å²) in [5.41, 5.74) is 0.470. The lowest BCUT2D eigenvalue weighted by atomic mass is 10.3. The van der Waals surface area contributed by atoms with Crippen LogP contribution in [0.25, 0.3) is 0 Å². The van der Waals surface area contributed by atoms with Gasteiger partial charge in [0.2, 0.25) is 0 Å². The largest absolute Gasteiger partial charge is 0.482 e. The molecular weight excluding hydrogens is 506 g/mol. The monoisotopic (exact) mass is 524 g/mol. The van der Waals surface area contributed by atoms with E-state index in [2.05, 4.69) is 5.32 Å². The van der Waals surface area contributed by atoms with Gasteiger partial charge in [0.05, 0.1) is 21.3 Å². The van der Waals surface area contributed by atoms with Gasteiger partial charge >= 0.3 is 5.97 Å². The third-order valence-electron chi connectivity index (χ3n) is 4.60. The number of carbonyl (C=O) groups excluding carboxylic acids is 2. The topological polar surface area (TPSA) is 102 Å². The first-order valence-electron chi connectivity index (χ1n) is 9.94. The Labute approximate surface area is 205 Å². The molecule has 0 heterocycles. The lowest BCUT2D eigenvalue weighted by Gasteiger charge is -2.19. The highest BCUT2D eigenvalue weighted by Gasteiger charge is 2.21.